The number of allylic oxidation sites excluding steroid dienone is 1. The molecule has 1 unspecified atom stereocenters. The van der Waals surface area contributed by atoms with Gasteiger partial charge >= 0.3 is 0 Å². The van der Waals surface area contributed by atoms with E-state index in [2.05, 4.69) is 44.0 Å². The number of halogens is 1. The first-order valence-corrected chi connectivity index (χ1v) is 11.5. The first kappa shape index (κ1) is 23.1. The topological polar surface area (TPSA) is 32.3 Å². The number of carbonyl (C=O) groups is 1. The van der Waals surface area contributed by atoms with Crippen LogP contribution in [0.5, 0.6) is 0 Å². The Morgan fingerprint density at radius 3 is 2.81 bits per heavy atom. The number of nitrogens with zero attached hydrogens (tertiary/aromatic N) is 1. The largest absolute Gasteiger partial charge is 0.388 e. The van der Waals surface area contributed by atoms with Crippen molar-refractivity contribution in [2.75, 3.05) is 18.0 Å². The minimum Gasteiger partial charge on any atom is -0.388 e. The van der Waals surface area contributed by atoms with Gasteiger partial charge in [-0.15, -0.1) is 0 Å². The van der Waals surface area contributed by atoms with Crippen LogP contribution in [0, 0.1) is 19.8 Å². The van der Waals surface area contributed by atoms with Crippen LogP contribution in [0.4, 0.5) is 5.69 Å². The summed E-state index contributed by atoms with van der Waals surface area (Å²) in [5.74, 6) is -0.0352. The molecule has 31 heavy (non-hydrogen) atoms. The van der Waals surface area contributed by atoms with Crippen LogP contribution in [0.25, 0.3) is 5.57 Å². The predicted molar refractivity (Wildman–Crippen MR) is 132 cm³/mol. The molecular formula is C27H33ClN2O. The number of nitrogens with one attached hydrogen (secondary N) is 1. The number of hydrogen-bond acceptors (Lipinski definition) is 2. The van der Waals surface area contributed by atoms with E-state index in [0.717, 1.165) is 60.7 Å². The standard InChI is InChI=1S/C27H33ClN2O/c1-5-6-9-22(26-18-23(28)12-11-20(26)3)13-15-29-21(4)25-14-16-30(27(25)31)24-10-7-8-19(2)17-24/h7-12,17-18,25,29H,4-6,13-16H2,1-3H3/b22-9-. The number of benzene rings is 2. The molecular weight excluding hydrogens is 404 g/mol. The van der Waals surface area contributed by atoms with E-state index < -0.39 is 0 Å². The second kappa shape index (κ2) is 10.7. The molecule has 1 amide bonds. The van der Waals surface area contributed by atoms with Crippen molar-refractivity contribution in [3.8, 4) is 0 Å². The molecule has 1 atom stereocenters. The van der Waals surface area contributed by atoms with Crippen LogP contribution < -0.4 is 10.2 Å². The lowest BCUT2D eigenvalue weighted by molar-refractivity contribution is -0.119. The van der Waals surface area contributed by atoms with Gasteiger partial charge in [-0.3, -0.25) is 4.79 Å². The first-order chi connectivity index (χ1) is 14.9. The summed E-state index contributed by atoms with van der Waals surface area (Å²) in [5.41, 5.74) is 6.68. The third-order valence-corrected chi connectivity index (χ3v) is 6.15. The van der Waals surface area contributed by atoms with Gasteiger partial charge in [0, 0.05) is 29.5 Å². The van der Waals surface area contributed by atoms with Gasteiger partial charge in [-0.05, 0) is 79.6 Å². The van der Waals surface area contributed by atoms with Gasteiger partial charge in [-0.2, -0.15) is 0 Å². The molecule has 2 aromatic carbocycles. The molecule has 1 aliphatic heterocycles. The summed E-state index contributed by atoms with van der Waals surface area (Å²) < 4.78 is 0. The van der Waals surface area contributed by atoms with Gasteiger partial charge in [0.05, 0.1) is 5.92 Å². The lowest BCUT2D eigenvalue weighted by Gasteiger charge is -2.19. The Morgan fingerprint density at radius 1 is 1.26 bits per heavy atom. The smallest absolute Gasteiger partial charge is 0.236 e. The van der Waals surface area contributed by atoms with Crippen LogP contribution in [0.15, 0.2) is 60.8 Å². The van der Waals surface area contributed by atoms with Gasteiger partial charge in [0.25, 0.3) is 0 Å². The van der Waals surface area contributed by atoms with Crippen LogP contribution in [0.2, 0.25) is 5.02 Å². The zero-order chi connectivity index (χ0) is 22.4. The molecule has 1 fully saturated rings. The number of amides is 1. The van der Waals surface area contributed by atoms with Crippen molar-refractivity contribution in [1.29, 1.82) is 0 Å². The Bertz CT molecular complexity index is 979. The molecule has 0 spiro atoms. The summed E-state index contributed by atoms with van der Waals surface area (Å²) in [7, 11) is 0. The number of carbonyl (C=O) groups excluding carboxylic acids is 1. The third kappa shape index (κ3) is 5.80. The fraction of sp³-hybridized carbons (Fsp3) is 0.370. The second-order valence-corrected chi connectivity index (χ2v) is 8.79. The van der Waals surface area contributed by atoms with Crippen molar-refractivity contribution in [3.63, 3.8) is 0 Å². The molecule has 3 rings (SSSR count). The molecule has 0 saturated carbocycles. The fourth-order valence-corrected chi connectivity index (χ4v) is 4.31. The summed E-state index contributed by atoms with van der Waals surface area (Å²) >= 11 is 6.26. The minimum atomic E-state index is -0.170. The summed E-state index contributed by atoms with van der Waals surface area (Å²) in [4.78, 5) is 14.9. The number of unbranched alkanes of at least 4 members (excludes halogenated alkanes) is 1. The van der Waals surface area contributed by atoms with Crippen LogP contribution in [-0.4, -0.2) is 19.0 Å². The van der Waals surface area contributed by atoms with E-state index in [1.54, 1.807) is 0 Å². The molecule has 0 aliphatic carbocycles. The fourth-order valence-electron chi connectivity index (χ4n) is 4.14. The SMILES string of the molecule is C=C(NCC/C(=C/CCC)c1cc(Cl)ccc1C)C1CCN(c2cccc(C)c2)C1=O. The Labute approximate surface area is 191 Å². The molecule has 0 aromatic heterocycles. The van der Waals surface area contributed by atoms with E-state index in [1.165, 1.54) is 16.7 Å². The van der Waals surface area contributed by atoms with Crippen molar-refractivity contribution >= 4 is 28.8 Å². The van der Waals surface area contributed by atoms with Gasteiger partial charge in [0.2, 0.25) is 5.91 Å². The van der Waals surface area contributed by atoms with E-state index >= 15 is 0 Å². The van der Waals surface area contributed by atoms with Crippen LogP contribution in [0.1, 0.15) is 49.3 Å². The van der Waals surface area contributed by atoms with Crippen molar-refractivity contribution < 1.29 is 4.79 Å². The molecule has 1 saturated heterocycles. The van der Waals surface area contributed by atoms with Gasteiger partial charge in [0.15, 0.2) is 0 Å². The van der Waals surface area contributed by atoms with Gasteiger partial charge in [-0.25, -0.2) is 0 Å². The highest BCUT2D eigenvalue weighted by Gasteiger charge is 2.34. The van der Waals surface area contributed by atoms with Crippen molar-refractivity contribution in [3.05, 3.63) is 82.5 Å². The van der Waals surface area contributed by atoms with E-state index in [-0.39, 0.29) is 11.8 Å². The van der Waals surface area contributed by atoms with Crippen LogP contribution >= 0.6 is 11.6 Å². The molecule has 1 aliphatic rings. The lowest BCUT2D eigenvalue weighted by Crippen LogP contribution is -2.30. The quantitative estimate of drug-likeness (QED) is 0.475. The van der Waals surface area contributed by atoms with Crippen molar-refractivity contribution in [2.45, 2.75) is 46.5 Å². The first-order valence-electron chi connectivity index (χ1n) is 11.2. The maximum Gasteiger partial charge on any atom is 0.236 e. The van der Waals surface area contributed by atoms with Crippen molar-refractivity contribution in [2.24, 2.45) is 5.92 Å². The van der Waals surface area contributed by atoms with E-state index in [1.807, 2.05) is 42.2 Å². The molecule has 0 bridgehead atoms. The zero-order valence-electron chi connectivity index (χ0n) is 18.9. The van der Waals surface area contributed by atoms with E-state index in [0.29, 0.717) is 0 Å². The number of rotatable bonds is 9. The van der Waals surface area contributed by atoms with Crippen LogP contribution in [0.3, 0.4) is 0 Å². The molecule has 1 N–H and O–H groups in total. The highest BCUT2D eigenvalue weighted by molar-refractivity contribution is 6.30. The van der Waals surface area contributed by atoms with Gasteiger partial charge in [0.1, 0.15) is 0 Å². The zero-order valence-corrected chi connectivity index (χ0v) is 19.6. The van der Waals surface area contributed by atoms with Gasteiger partial charge in [-0.1, -0.05) is 55.8 Å². The second-order valence-electron chi connectivity index (χ2n) is 8.35. The summed E-state index contributed by atoms with van der Waals surface area (Å²) in [6.45, 7) is 12.0. The van der Waals surface area contributed by atoms with Crippen molar-refractivity contribution in [1.82, 2.24) is 5.32 Å². The minimum absolute atomic E-state index is 0.135. The van der Waals surface area contributed by atoms with E-state index in [9.17, 15) is 4.79 Å². The average molecular weight is 437 g/mol. The molecule has 2 aromatic rings. The summed E-state index contributed by atoms with van der Waals surface area (Å²) in [5, 5.41) is 4.19. The monoisotopic (exact) mass is 436 g/mol. The Hall–Kier alpha value is -2.52. The number of anilines is 1. The predicted octanol–water partition coefficient (Wildman–Crippen LogP) is 6.69. The van der Waals surface area contributed by atoms with Crippen LogP contribution in [-0.2, 0) is 4.79 Å². The third-order valence-electron chi connectivity index (χ3n) is 5.91. The Kier molecular flexibility index (Phi) is 7.97. The highest BCUT2D eigenvalue weighted by Crippen LogP contribution is 2.29. The lowest BCUT2D eigenvalue weighted by atomic mass is 9.96. The number of hydrogen-bond donors (Lipinski definition) is 1. The molecule has 1 heterocycles. The highest BCUT2D eigenvalue weighted by atomic mass is 35.5. The number of aryl methyl sites for hydroxylation is 2. The summed E-state index contributed by atoms with van der Waals surface area (Å²) in [6.07, 6.45) is 6.11. The molecule has 4 heteroatoms. The average Bonchev–Trinajstić information content (AvgIpc) is 3.13. The normalized spacial score (nSPS) is 16.6. The molecule has 0 radical (unpaired) electrons. The Balaban J connectivity index is 1.61. The van der Waals surface area contributed by atoms with E-state index in [4.69, 9.17) is 11.6 Å². The molecule has 164 valence electrons. The maximum absolute atomic E-state index is 13.0. The van der Waals surface area contributed by atoms with Gasteiger partial charge < -0.3 is 10.2 Å². The Morgan fingerprint density at radius 2 is 2.06 bits per heavy atom. The maximum atomic E-state index is 13.0. The molecule has 3 nitrogen and oxygen atoms in total. The summed E-state index contributed by atoms with van der Waals surface area (Å²) in [6, 6.07) is 14.2.